The van der Waals surface area contributed by atoms with Crippen LogP contribution in [0, 0.1) is 0 Å². The van der Waals surface area contributed by atoms with Gasteiger partial charge in [0.15, 0.2) is 0 Å². The van der Waals surface area contributed by atoms with E-state index in [1.54, 1.807) is 13.0 Å². The van der Waals surface area contributed by atoms with E-state index in [0.717, 1.165) is 0 Å². The molecule has 1 aromatic rings. The molecule has 1 aromatic carbocycles. The minimum atomic E-state index is -3.03. The molecule has 0 amide bonds. The van der Waals surface area contributed by atoms with Gasteiger partial charge >= 0.3 is 5.97 Å². The van der Waals surface area contributed by atoms with E-state index in [9.17, 15) is 13.2 Å². The molecule has 4 N–H and O–H groups in total. The van der Waals surface area contributed by atoms with Crippen molar-refractivity contribution in [2.75, 3.05) is 29.6 Å². The molecule has 19 heavy (non-hydrogen) atoms. The maximum Gasteiger partial charge on any atom is 0.340 e. The largest absolute Gasteiger partial charge is 0.462 e. The van der Waals surface area contributed by atoms with Gasteiger partial charge in [0.1, 0.15) is 9.84 Å². The molecule has 0 atom stereocenters. The number of nitrogens with two attached hydrogens (primary N) is 2. The van der Waals surface area contributed by atoms with Crippen molar-refractivity contribution < 1.29 is 17.9 Å². The number of carbonyl (C=O) groups is 1. The summed E-state index contributed by atoms with van der Waals surface area (Å²) in [6, 6.07) is 4.50. The molecule has 0 aliphatic carbocycles. The summed E-state index contributed by atoms with van der Waals surface area (Å²) in [5.74, 6) is -0.480. The van der Waals surface area contributed by atoms with Crippen LogP contribution in [0.2, 0.25) is 0 Å². The zero-order valence-electron chi connectivity index (χ0n) is 10.8. The van der Waals surface area contributed by atoms with Gasteiger partial charge in [-0.2, -0.15) is 0 Å². The lowest BCUT2D eigenvalue weighted by molar-refractivity contribution is 0.0507. The van der Waals surface area contributed by atoms with E-state index in [0.29, 0.717) is 5.69 Å². The van der Waals surface area contributed by atoms with Crippen LogP contribution in [0.1, 0.15) is 23.7 Å². The quantitative estimate of drug-likeness (QED) is 0.455. The first-order valence-electron chi connectivity index (χ1n) is 5.88. The number of hydrogen-bond acceptors (Lipinski definition) is 6. The van der Waals surface area contributed by atoms with E-state index in [-0.39, 0.29) is 35.8 Å². The van der Waals surface area contributed by atoms with E-state index >= 15 is 0 Å². The molecular weight excluding hydrogens is 268 g/mol. The van der Waals surface area contributed by atoms with Crippen molar-refractivity contribution in [3.05, 3.63) is 23.8 Å². The number of rotatable bonds is 6. The summed E-state index contributed by atoms with van der Waals surface area (Å²) in [6.45, 7) is 1.62. The van der Waals surface area contributed by atoms with Gasteiger partial charge in [-0.3, -0.25) is 0 Å². The summed E-state index contributed by atoms with van der Waals surface area (Å²) in [5.41, 5.74) is 12.1. The van der Waals surface area contributed by atoms with Gasteiger partial charge in [-0.25, -0.2) is 13.2 Å². The fourth-order valence-electron chi connectivity index (χ4n) is 1.43. The van der Waals surface area contributed by atoms with Gasteiger partial charge in [-0.1, -0.05) is 6.92 Å². The highest BCUT2D eigenvalue weighted by molar-refractivity contribution is 7.91. The molecule has 0 saturated carbocycles. The van der Waals surface area contributed by atoms with Crippen LogP contribution in [0.5, 0.6) is 0 Å². The molecule has 0 unspecified atom stereocenters. The predicted octanol–water partition coefficient (Wildman–Crippen LogP) is 0.833. The fourth-order valence-corrected chi connectivity index (χ4v) is 2.28. The first kappa shape index (κ1) is 15.3. The molecule has 0 aromatic heterocycles. The Morgan fingerprint density at radius 3 is 2.58 bits per heavy atom. The maximum absolute atomic E-state index is 11.7. The highest BCUT2D eigenvalue weighted by atomic mass is 32.2. The number of hydrogen-bond donors (Lipinski definition) is 2. The zero-order chi connectivity index (χ0) is 14.5. The summed E-state index contributed by atoms with van der Waals surface area (Å²) in [4.78, 5) is 11.7. The Morgan fingerprint density at radius 2 is 2.00 bits per heavy atom. The summed E-state index contributed by atoms with van der Waals surface area (Å²) in [7, 11) is -3.03. The predicted molar refractivity (Wildman–Crippen MR) is 74.5 cm³/mol. The molecule has 0 heterocycles. The number of esters is 1. The van der Waals surface area contributed by atoms with Crippen molar-refractivity contribution in [1.82, 2.24) is 0 Å². The average molecular weight is 286 g/mol. The van der Waals surface area contributed by atoms with E-state index in [2.05, 4.69) is 0 Å². The van der Waals surface area contributed by atoms with Crippen molar-refractivity contribution in [2.24, 2.45) is 0 Å². The molecule has 7 heteroatoms. The third-order valence-electron chi connectivity index (χ3n) is 2.57. The fraction of sp³-hybridized carbons (Fsp3) is 0.417. The third kappa shape index (κ3) is 4.78. The molecule has 0 radical (unpaired) electrons. The Bertz CT molecular complexity index is 555. The number of benzene rings is 1. The average Bonchev–Trinajstić information content (AvgIpc) is 2.34. The van der Waals surface area contributed by atoms with Gasteiger partial charge in [0.2, 0.25) is 0 Å². The second-order valence-corrected chi connectivity index (χ2v) is 6.55. The van der Waals surface area contributed by atoms with Gasteiger partial charge in [-0.05, 0) is 24.6 Å². The van der Waals surface area contributed by atoms with Crippen molar-refractivity contribution in [3.63, 3.8) is 0 Å². The van der Waals surface area contributed by atoms with E-state index in [1.165, 1.54) is 12.1 Å². The summed E-state index contributed by atoms with van der Waals surface area (Å²) in [6.07, 6.45) is 0.275. The number of anilines is 2. The van der Waals surface area contributed by atoms with Crippen LogP contribution in [-0.2, 0) is 14.6 Å². The van der Waals surface area contributed by atoms with Crippen LogP contribution in [-0.4, -0.2) is 32.5 Å². The van der Waals surface area contributed by atoms with E-state index < -0.39 is 15.8 Å². The summed E-state index contributed by atoms with van der Waals surface area (Å²) < 4.78 is 27.4. The lowest BCUT2D eigenvalue weighted by atomic mass is 10.1. The van der Waals surface area contributed by atoms with Crippen molar-refractivity contribution >= 4 is 27.2 Å². The number of nitrogen functional groups attached to an aromatic ring is 2. The topological polar surface area (TPSA) is 112 Å². The molecule has 0 fully saturated rings. The Balaban J connectivity index is 2.48. The Hall–Kier alpha value is -1.76. The molecule has 1 rings (SSSR count). The summed E-state index contributed by atoms with van der Waals surface area (Å²) in [5, 5.41) is 0. The molecule has 6 nitrogen and oxygen atoms in total. The van der Waals surface area contributed by atoms with Crippen molar-refractivity contribution in [1.29, 1.82) is 0 Å². The van der Waals surface area contributed by atoms with E-state index in [1.807, 2.05) is 0 Å². The molecule has 0 aliphatic heterocycles. The first-order valence-corrected chi connectivity index (χ1v) is 7.70. The van der Waals surface area contributed by atoms with Crippen LogP contribution in [0.15, 0.2) is 18.2 Å². The second kappa shape index (κ2) is 6.42. The minimum Gasteiger partial charge on any atom is -0.462 e. The second-order valence-electron chi connectivity index (χ2n) is 4.07. The highest BCUT2D eigenvalue weighted by Gasteiger charge is 2.12. The van der Waals surface area contributed by atoms with Gasteiger partial charge in [0, 0.05) is 17.1 Å². The van der Waals surface area contributed by atoms with Crippen LogP contribution in [0.25, 0.3) is 0 Å². The highest BCUT2D eigenvalue weighted by Crippen LogP contribution is 2.16. The lowest BCUT2D eigenvalue weighted by Crippen LogP contribution is -2.14. The monoisotopic (exact) mass is 286 g/mol. The van der Waals surface area contributed by atoms with Crippen LogP contribution >= 0.6 is 0 Å². The molecule has 0 spiro atoms. The molecule has 0 aliphatic rings. The lowest BCUT2D eigenvalue weighted by Gasteiger charge is -2.07. The number of ether oxygens (including phenoxy) is 1. The Morgan fingerprint density at radius 1 is 1.32 bits per heavy atom. The first-order chi connectivity index (χ1) is 8.85. The number of carbonyl (C=O) groups excluding carboxylic acids is 1. The van der Waals surface area contributed by atoms with Gasteiger partial charge < -0.3 is 16.2 Å². The van der Waals surface area contributed by atoms with Crippen LogP contribution in [0.3, 0.4) is 0 Å². The van der Waals surface area contributed by atoms with Gasteiger partial charge in [-0.15, -0.1) is 0 Å². The third-order valence-corrected chi connectivity index (χ3v) is 4.36. The standard InChI is InChI=1S/C12H18N2O4S/c1-2-19(16,17)7-3-6-18-12(15)10-5-4-9(13)8-11(10)14/h4-5,8H,2-3,6-7,13-14H2,1H3. The van der Waals surface area contributed by atoms with E-state index in [4.69, 9.17) is 16.2 Å². The molecule has 106 valence electrons. The van der Waals surface area contributed by atoms with Crippen molar-refractivity contribution in [2.45, 2.75) is 13.3 Å². The Labute approximate surface area is 112 Å². The van der Waals surface area contributed by atoms with Crippen LogP contribution in [0.4, 0.5) is 11.4 Å². The summed E-state index contributed by atoms with van der Waals surface area (Å²) >= 11 is 0. The molecule has 0 saturated heterocycles. The van der Waals surface area contributed by atoms with Crippen molar-refractivity contribution in [3.8, 4) is 0 Å². The normalized spacial score (nSPS) is 11.2. The minimum absolute atomic E-state index is 0.00794. The van der Waals surface area contributed by atoms with Gasteiger partial charge in [0.25, 0.3) is 0 Å². The maximum atomic E-state index is 11.7. The van der Waals surface area contributed by atoms with Gasteiger partial charge in [0.05, 0.1) is 17.9 Å². The molecular formula is C12H18N2O4S. The number of sulfone groups is 1. The van der Waals surface area contributed by atoms with Crippen LogP contribution < -0.4 is 11.5 Å². The Kier molecular flexibility index (Phi) is 5.17. The SMILES string of the molecule is CCS(=O)(=O)CCCOC(=O)c1ccc(N)cc1N. The zero-order valence-corrected chi connectivity index (χ0v) is 11.6. The molecule has 0 bridgehead atoms. The smallest absolute Gasteiger partial charge is 0.340 e.